The van der Waals surface area contributed by atoms with Crippen LogP contribution in [0.2, 0.25) is 0 Å². The number of carbonyl (C=O) groups excluding carboxylic acids is 2. The van der Waals surface area contributed by atoms with Crippen LogP contribution in [0.5, 0.6) is 0 Å². The van der Waals surface area contributed by atoms with Crippen LogP contribution < -0.4 is 10.6 Å². The van der Waals surface area contributed by atoms with Crippen LogP contribution in [0.1, 0.15) is 20.8 Å². The quantitative estimate of drug-likeness (QED) is 0.130. The van der Waals surface area contributed by atoms with Gasteiger partial charge in [-0.15, -0.1) is 0 Å². The number of ether oxygens (including phenoxy) is 5. The first-order valence-corrected chi connectivity index (χ1v) is 12.4. The van der Waals surface area contributed by atoms with Crippen molar-refractivity contribution in [3.05, 3.63) is 0 Å². The van der Waals surface area contributed by atoms with Crippen LogP contribution in [0.4, 0.5) is 0 Å². The molecule has 17 heteroatoms. The van der Waals surface area contributed by atoms with Crippen LogP contribution >= 0.6 is 0 Å². The third-order valence-corrected chi connectivity index (χ3v) is 6.84. The molecule has 2 amide bonds. The minimum absolute atomic E-state index is 0.547. The van der Waals surface area contributed by atoms with Gasteiger partial charge in [-0.2, -0.15) is 0 Å². The van der Waals surface area contributed by atoms with Crippen molar-refractivity contribution >= 4 is 11.8 Å². The first-order valence-electron chi connectivity index (χ1n) is 12.4. The predicted octanol–water partition coefficient (Wildman–Crippen LogP) is -6.26. The Balaban J connectivity index is 1.84. The van der Waals surface area contributed by atoms with Crippen molar-refractivity contribution < 1.29 is 74.1 Å². The summed E-state index contributed by atoms with van der Waals surface area (Å²) in [6, 6.07) is -2.80. The second kappa shape index (κ2) is 13.4. The van der Waals surface area contributed by atoms with Gasteiger partial charge in [0.05, 0.1) is 19.3 Å². The van der Waals surface area contributed by atoms with Gasteiger partial charge in [0.2, 0.25) is 11.8 Å². The highest BCUT2D eigenvalue weighted by Crippen LogP contribution is 2.30. The molecule has 3 rings (SSSR count). The molecule has 0 aromatic carbocycles. The number of aliphatic hydroxyl groups is 8. The molecule has 3 fully saturated rings. The van der Waals surface area contributed by atoms with Crippen molar-refractivity contribution in [2.75, 3.05) is 13.2 Å². The highest BCUT2D eigenvalue weighted by molar-refractivity contribution is 5.73. The maximum absolute atomic E-state index is 11.8. The van der Waals surface area contributed by atoms with E-state index in [1.54, 1.807) is 0 Å². The van der Waals surface area contributed by atoms with Crippen LogP contribution in [0.3, 0.4) is 0 Å². The first kappa shape index (κ1) is 31.9. The summed E-state index contributed by atoms with van der Waals surface area (Å²) in [5.41, 5.74) is 0. The minimum atomic E-state index is -1.77. The van der Waals surface area contributed by atoms with Crippen molar-refractivity contribution in [2.45, 2.75) is 113 Å². The molecule has 0 spiro atoms. The van der Waals surface area contributed by atoms with Crippen molar-refractivity contribution in [1.82, 2.24) is 10.6 Å². The second-order valence-electron chi connectivity index (χ2n) is 9.83. The van der Waals surface area contributed by atoms with E-state index in [1.807, 2.05) is 0 Å². The van der Waals surface area contributed by atoms with E-state index in [-0.39, 0.29) is 0 Å². The van der Waals surface area contributed by atoms with Crippen LogP contribution in [0.25, 0.3) is 0 Å². The zero-order valence-corrected chi connectivity index (χ0v) is 21.5. The van der Waals surface area contributed by atoms with E-state index < -0.39 is 117 Å². The molecule has 0 aromatic rings. The summed E-state index contributed by atoms with van der Waals surface area (Å²) in [5.74, 6) is -1.25. The van der Waals surface area contributed by atoms with E-state index in [2.05, 4.69) is 10.6 Å². The topological polar surface area (TPSA) is 266 Å². The lowest BCUT2D eigenvalue weighted by Gasteiger charge is -2.48. The van der Waals surface area contributed by atoms with Crippen LogP contribution in [0, 0.1) is 0 Å². The molecule has 3 aliphatic heterocycles. The van der Waals surface area contributed by atoms with Gasteiger partial charge in [0.1, 0.15) is 67.0 Å². The monoisotopic (exact) mass is 570 g/mol. The fraction of sp³-hybridized carbons (Fsp3) is 0.909. The fourth-order valence-electron chi connectivity index (χ4n) is 4.71. The summed E-state index contributed by atoms with van der Waals surface area (Å²) in [5, 5.41) is 86.8. The van der Waals surface area contributed by atoms with Gasteiger partial charge in [0, 0.05) is 13.8 Å². The zero-order valence-electron chi connectivity index (χ0n) is 21.5. The second-order valence-corrected chi connectivity index (χ2v) is 9.83. The SMILES string of the molecule is CC(=O)N[C@@H]1[C@@H](O)[C@H](O[C@H]2O[C@H](CO)[C@@H](O)[C@H](O)[C@H]2NC(C)=O)[C@@H](CO[C@H]2O[C@@H](C)[C@H](O)[C@H](O)[C@@H]2O)O[C@H]1O. The third kappa shape index (κ3) is 7.20. The van der Waals surface area contributed by atoms with E-state index >= 15 is 0 Å². The average Bonchev–Trinajstić information content (AvgIpc) is 2.87. The third-order valence-electron chi connectivity index (χ3n) is 6.84. The van der Waals surface area contributed by atoms with Gasteiger partial charge in [0.25, 0.3) is 0 Å². The smallest absolute Gasteiger partial charge is 0.217 e. The van der Waals surface area contributed by atoms with Gasteiger partial charge in [-0.25, -0.2) is 0 Å². The molecule has 3 aliphatic rings. The van der Waals surface area contributed by atoms with Crippen molar-refractivity contribution in [2.24, 2.45) is 0 Å². The molecule has 3 heterocycles. The highest BCUT2D eigenvalue weighted by Gasteiger charge is 2.52. The first-order chi connectivity index (χ1) is 18.3. The lowest BCUT2D eigenvalue weighted by molar-refractivity contribution is -0.340. The Kier molecular flexibility index (Phi) is 11.0. The molecule has 0 unspecified atom stereocenters. The Morgan fingerprint density at radius 3 is 1.92 bits per heavy atom. The van der Waals surface area contributed by atoms with Gasteiger partial charge in [-0.3, -0.25) is 9.59 Å². The molecule has 226 valence electrons. The number of hydrogen-bond donors (Lipinski definition) is 10. The summed E-state index contributed by atoms with van der Waals surface area (Å²) >= 11 is 0. The lowest BCUT2D eigenvalue weighted by Crippen LogP contribution is -2.69. The predicted molar refractivity (Wildman–Crippen MR) is 123 cm³/mol. The molecule has 10 N–H and O–H groups in total. The van der Waals surface area contributed by atoms with Crippen LogP contribution in [-0.4, -0.2) is 158 Å². The van der Waals surface area contributed by atoms with Gasteiger partial charge in [-0.05, 0) is 6.92 Å². The molecule has 3 saturated heterocycles. The van der Waals surface area contributed by atoms with Crippen LogP contribution in [0.15, 0.2) is 0 Å². The number of aliphatic hydroxyl groups excluding tert-OH is 8. The Morgan fingerprint density at radius 1 is 0.718 bits per heavy atom. The summed E-state index contributed by atoms with van der Waals surface area (Å²) in [4.78, 5) is 23.4. The molecular formula is C22H38N2O15. The van der Waals surface area contributed by atoms with Crippen molar-refractivity contribution in [3.8, 4) is 0 Å². The van der Waals surface area contributed by atoms with E-state index in [0.29, 0.717) is 0 Å². The van der Waals surface area contributed by atoms with Gasteiger partial charge in [0.15, 0.2) is 18.9 Å². The maximum atomic E-state index is 11.8. The standard InChI is InChI=1S/C22H38N2O15/c1-6-13(28)17(32)18(33)22(36-6)35-5-10-19(16(31)11(20(34)37-10)23-7(2)26)39-21-12(24-8(3)27)15(30)14(29)9(4-25)38-21/h6,9-22,25,28-34H,4-5H2,1-3H3,(H,23,26)(H,24,27)/t6-,9+,10+,11+,12+,13-,14+,15+,16+,17-,18-,19+,20+,21+,22-/m0/s1. The lowest BCUT2D eigenvalue weighted by atomic mass is 9.94. The summed E-state index contributed by atoms with van der Waals surface area (Å²) in [6.07, 6.45) is -19.6. The molecule has 0 aromatic heterocycles. The average molecular weight is 571 g/mol. The molecule has 17 nitrogen and oxygen atoms in total. The molecule has 0 aliphatic carbocycles. The Bertz CT molecular complexity index is 837. The number of nitrogens with one attached hydrogen (secondary N) is 2. The van der Waals surface area contributed by atoms with E-state index in [1.165, 1.54) is 6.92 Å². The van der Waals surface area contributed by atoms with Crippen molar-refractivity contribution in [1.29, 1.82) is 0 Å². The number of amides is 2. The number of carbonyl (C=O) groups is 2. The summed E-state index contributed by atoms with van der Waals surface area (Å²) < 4.78 is 27.9. The molecule has 39 heavy (non-hydrogen) atoms. The van der Waals surface area contributed by atoms with Gasteiger partial charge >= 0.3 is 0 Å². The fourth-order valence-corrected chi connectivity index (χ4v) is 4.71. The summed E-state index contributed by atoms with van der Waals surface area (Å²) in [7, 11) is 0. The Morgan fingerprint density at radius 2 is 1.33 bits per heavy atom. The molecular weight excluding hydrogens is 532 g/mol. The normalized spacial score (nSPS) is 46.9. The molecule has 0 radical (unpaired) electrons. The summed E-state index contributed by atoms with van der Waals surface area (Å²) in [6.45, 7) is 2.42. The maximum Gasteiger partial charge on any atom is 0.217 e. The largest absolute Gasteiger partial charge is 0.394 e. The Labute approximate surface area is 223 Å². The van der Waals surface area contributed by atoms with Gasteiger partial charge < -0.3 is 75.2 Å². The van der Waals surface area contributed by atoms with E-state index in [0.717, 1.165) is 13.8 Å². The number of hydrogen-bond acceptors (Lipinski definition) is 15. The molecule has 0 saturated carbocycles. The molecule has 15 atom stereocenters. The van der Waals surface area contributed by atoms with E-state index in [4.69, 9.17) is 23.7 Å². The van der Waals surface area contributed by atoms with Crippen LogP contribution in [-0.2, 0) is 33.3 Å². The number of rotatable bonds is 8. The zero-order chi connectivity index (χ0) is 29.2. The molecule has 0 bridgehead atoms. The van der Waals surface area contributed by atoms with Crippen molar-refractivity contribution in [3.63, 3.8) is 0 Å². The van der Waals surface area contributed by atoms with E-state index in [9.17, 15) is 50.4 Å². The van der Waals surface area contributed by atoms with Gasteiger partial charge in [-0.1, -0.05) is 0 Å². The minimum Gasteiger partial charge on any atom is -0.394 e. The Hall–Kier alpha value is -1.58. The highest BCUT2D eigenvalue weighted by atomic mass is 16.7.